The molecule has 0 radical (unpaired) electrons. The van der Waals surface area contributed by atoms with Crippen LogP contribution in [0.4, 0.5) is 31.5 Å². The Labute approximate surface area is 365 Å². The van der Waals surface area contributed by atoms with Gasteiger partial charge in [-0.25, -0.2) is 8.78 Å². The monoisotopic (exact) mass is 814 g/mol. The molecule has 0 saturated carbocycles. The molecular weight excluding hydrogens is 775 g/mol. The molecule has 13 rings (SSSR count). The number of para-hydroxylation sites is 1. The lowest BCUT2D eigenvalue weighted by atomic mass is 9.69. The van der Waals surface area contributed by atoms with Crippen molar-refractivity contribution < 1.29 is 8.78 Å². The van der Waals surface area contributed by atoms with Crippen molar-refractivity contribution in [2.75, 3.05) is 9.80 Å². The van der Waals surface area contributed by atoms with Crippen LogP contribution in [0.1, 0.15) is 41.5 Å². The standard InChI is InChI=1S/C59H40F2N2/c60-37-22-26-41(27-23-37)62(39-12-3-1-4-13-39)43-30-32-47-48-33-31-44(63(40-14-5-2-6-15-40)42-28-24-38(61)25-29-42)35-55(48)59(54(47)34-43)53-21-10-9-18-50(53)58-51-20-11-19-49-45-16-7-8-17-46(45)52(57(49)51)36-56(58)59/h1-14,16-24,26-28,30-36,40H,15,25,29H2. The van der Waals surface area contributed by atoms with Crippen molar-refractivity contribution in [2.45, 2.75) is 30.7 Å². The van der Waals surface area contributed by atoms with Crippen molar-refractivity contribution >= 4 is 33.5 Å². The number of fused-ring (bicyclic) bond motifs is 14. The zero-order valence-corrected chi connectivity index (χ0v) is 34.4. The molecule has 0 aliphatic heterocycles. The number of hydrogen-bond acceptors (Lipinski definition) is 2. The van der Waals surface area contributed by atoms with Crippen LogP contribution in [0.5, 0.6) is 0 Å². The van der Waals surface area contributed by atoms with Crippen LogP contribution in [-0.4, -0.2) is 6.04 Å². The highest BCUT2D eigenvalue weighted by Gasteiger charge is 2.53. The summed E-state index contributed by atoms with van der Waals surface area (Å²) >= 11 is 0. The minimum atomic E-state index is -0.701. The molecule has 0 amide bonds. The second-order valence-electron chi connectivity index (χ2n) is 17.3. The van der Waals surface area contributed by atoms with Crippen LogP contribution >= 0.6 is 0 Å². The summed E-state index contributed by atoms with van der Waals surface area (Å²) in [7, 11) is 0. The topological polar surface area (TPSA) is 6.48 Å². The van der Waals surface area contributed by atoms with Crippen molar-refractivity contribution in [3.05, 3.63) is 240 Å². The number of anilines is 4. The van der Waals surface area contributed by atoms with Crippen molar-refractivity contribution in [3.63, 3.8) is 0 Å². The lowest BCUT2D eigenvalue weighted by Gasteiger charge is -2.37. The molecule has 2 unspecified atom stereocenters. The molecule has 2 atom stereocenters. The van der Waals surface area contributed by atoms with E-state index in [4.69, 9.17) is 0 Å². The van der Waals surface area contributed by atoms with Gasteiger partial charge in [0.1, 0.15) is 11.6 Å². The summed E-state index contributed by atoms with van der Waals surface area (Å²) in [5.41, 5.74) is 19.3. The van der Waals surface area contributed by atoms with Crippen LogP contribution in [0.25, 0.3) is 55.3 Å². The normalized spacial score (nSPS) is 18.1. The van der Waals surface area contributed by atoms with Gasteiger partial charge in [0.2, 0.25) is 0 Å². The van der Waals surface area contributed by atoms with Gasteiger partial charge in [0.25, 0.3) is 0 Å². The van der Waals surface area contributed by atoms with Gasteiger partial charge in [-0.15, -0.1) is 0 Å². The average molecular weight is 815 g/mol. The third-order valence-electron chi connectivity index (χ3n) is 14.1. The molecule has 0 bridgehead atoms. The largest absolute Gasteiger partial charge is 0.338 e. The predicted octanol–water partition coefficient (Wildman–Crippen LogP) is 15.7. The summed E-state index contributed by atoms with van der Waals surface area (Å²) < 4.78 is 29.2. The molecule has 0 saturated heterocycles. The average Bonchev–Trinajstić information content (AvgIpc) is 3.93. The Balaban J connectivity index is 1.13. The fraction of sp³-hybridized carbons (Fsp3) is 0.0847. The molecule has 0 heterocycles. The van der Waals surface area contributed by atoms with Crippen molar-refractivity contribution in [1.29, 1.82) is 0 Å². The summed E-state index contributed by atoms with van der Waals surface area (Å²) in [4.78, 5) is 4.68. The summed E-state index contributed by atoms with van der Waals surface area (Å²) in [6.07, 6.45) is 14.3. The fourth-order valence-electron chi connectivity index (χ4n) is 11.5. The van der Waals surface area contributed by atoms with E-state index in [0.717, 1.165) is 34.9 Å². The molecule has 300 valence electrons. The molecule has 63 heavy (non-hydrogen) atoms. The van der Waals surface area contributed by atoms with Crippen LogP contribution in [0, 0.1) is 5.82 Å². The van der Waals surface area contributed by atoms with E-state index in [-0.39, 0.29) is 17.7 Å². The van der Waals surface area contributed by atoms with Gasteiger partial charge < -0.3 is 9.80 Å². The fourth-order valence-corrected chi connectivity index (χ4v) is 11.5. The summed E-state index contributed by atoms with van der Waals surface area (Å²) in [5, 5.41) is 2.58. The van der Waals surface area contributed by atoms with E-state index in [0.29, 0.717) is 12.8 Å². The quantitative estimate of drug-likeness (QED) is 0.165. The Bertz CT molecular complexity index is 3360. The van der Waals surface area contributed by atoms with Crippen molar-refractivity contribution in [2.24, 2.45) is 0 Å². The number of benzene rings is 8. The molecule has 0 N–H and O–H groups in total. The summed E-state index contributed by atoms with van der Waals surface area (Å²) in [6, 6.07) is 58.4. The maximum absolute atomic E-state index is 14.6. The van der Waals surface area contributed by atoms with E-state index in [2.05, 4.69) is 168 Å². The molecule has 4 heteroatoms. The molecular formula is C59H40F2N2. The van der Waals surface area contributed by atoms with Gasteiger partial charge >= 0.3 is 0 Å². The minimum absolute atomic E-state index is 0.0774. The number of allylic oxidation sites excluding steroid dienone is 6. The summed E-state index contributed by atoms with van der Waals surface area (Å²) in [6.45, 7) is 0. The number of hydrogen-bond donors (Lipinski definition) is 0. The predicted molar refractivity (Wildman–Crippen MR) is 255 cm³/mol. The molecule has 1 spiro atoms. The van der Waals surface area contributed by atoms with Crippen LogP contribution in [0.3, 0.4) is 0 Å². The van der Waals surface area contributed by atoms with Crippen LogP contribution in [-0.2, 0) is 5.41 Å². The highest BCUT2D eigenvalue weighted by atomic mass is 19.1. The molecule has 8 aromatic carbocycles. The number of nitrogens with zero attached hydrogens (tertiary/aromatic N) is 2. The molecule has 8 aromatic rings. The van der Waals surface area contributed by atoms with Crippen molar-refractivity contribution in [3.8, 4) is 44.5 Å². The van der Waals surface area contributed by atoms with Crippen LogP contribution < -0.4 is 9.80 Å². The maximum Gasteiger partial charge on any atom is 0.123 e. The summed E-state index contributed by atoms with van der Waals surface area (Å²) in [5.74, 6) is -0.347. The Kier molecular flexibility index (Phi) is 7.87. The maximum atomic E-state index is 14.6. The van der Waals surface area contributed by atoms with Crippen LogP contribution in [0.15, 0.2) is 212 Å². The Hall–Kier alpha value is -7.56. The van der Waals surface area contributed by atoms with Crippen LogP contribution in [0.2, 0.25) is 0 Å². The van der Waals surface area contributed by atoms with E-state index in [1.165, 1.54) is 89.7 Å². The van der Waals surface area contributed by atoms with Gasteiger partial charge in [-0.1, -0.05) is 121 Å². The first-order valence-corrected chi connectivity index (χ1v) is 22.0. The Morgan fingerprint density at radius 1 is 0.476 bits per heavy atom. The van der Waals surface area contributed by atoms with Gasteiger partial charge in [0, 0.05) is 34.9 Å². The zero-order valence-electron chi connectivity index (χ0n) is 34.4. The number of rotatable bonds is 6. The Morgan fingerprint density at radius 3 is 1.89 bits per heavy atom. The van der Waals surface area contributed by atoms with Gasteiger partial charge in [-0.05, 0) is 169 Å². The van der Waals surface area contributed by atoms with Crippen molar-refractivity contribution in [1.82, 2.24) is 0 Å². The molecule has 2 nitrogen and oxygen atoms in total. The zero-order chi connectivity index (χ0) is 41.8. The second kappa shape index (κ2) is 13.7. The first kappa shape index (κ1) is 36.1. The third-order valence-corrected chi connectivity index (χ3v) is 14.1. The highest BCUT2D eigenvalue weighted by Crippen LogP contribution is 2.66. The molecule has 0 fully saturated rings. The van der Waals surface area contributed by atoms with Gasteiger partial charge in [0.05, 0.1) is 11.5 Å². The van der Waals surface area contributed by atoms with E-state index >= 15 is 0 Å². The molecule has 5 aliphatic carbocycles. The molecule has 0 aromatic heterocycles. The number of halogens is 2. The SMILES string of the molecule is FC1=CC=C(N(c2ccc3c(c2)C2(c4cc(N(c5ccccc5)c5ccc(F)cc5)ccc4-3)c3ccccc3-c3c2cc2c4c(cccc34)-c3ccccc3-2)C2C=CC=CC2)CC1. The smallest absolute Gasteiger partial charge is 0.123 e. The van der Waals surface area contributed by atoms with Gasteiger partial charge in [0.15, 0.2) is 0 Å². The van der Waals surface area contributed by atoms with Gasteiger partial charge in [-0.3, -0.25) is 0 Å². The first-order valence-electron chi connectivity index (χ1n) is 22.0. The van der Waals surface area contributed by atoms with Gasteiger partial charge in [-0.2, -0.15) is 0 Å². The third kappa shape index (κ3) is 5.15. The van der Waals surface area contributed by atoms with E-state index in [9.17, 15) is 8.78 Å². The lowest BCUT2D eigenvalue weighted by Crippen LogP contribution is -2.34. The minimum Gasteiger partial charge on any atom is -0.338 e. The Morgan fingerprint density at radius 2 is 1.14 bits per heavy atom. The van der Waals surface area contributed by atoms with E-state index in [1.54, 1.807) is 6.08 Å². The van der Waals surface area contributed by atoms with E-state index in [1.807, 2.05) is 24.3 Å². The van der Waals surface area contributed by atoms with E-state index < -0.39 is 5.41 Å². The second-order valence-corrected chi connectivity index (χ2v) is 17.3. The highest BCUT2D eigenvalue weighted by molar-refractivity contribution is 6.21. The molecule has 5 aliphatic rings. The first-order chi connectivity index (χ1) is 31.1. The lowest BCUT2D eigenvalue weighted by molar-refractivity contribution is 0.573.